The van der Waals surface area contributed by atoms with E-state index in [4.69, 9.17) is 19.4 Å². The molecule has 3 aliphatic heterocycles. The molecule has 0 radical (unpaired) electrons. The number of aromatic nitrogens is 4. The van der Waals surface area contributed by atoms with Gasteiger partial charge in [0.2, 0.25) is 5.91 Å². The summed E-state index contributed by atoms with van der Waals surface area (Å²) in [6, 6.07) is 21.3. The molecule has 15 nitrogen and oxygen atoms in total. The fourth-order valence-electron chi connectivity index (χ4n) is 9.99. The van der Waals surface area contributed by atoms with Crippen LogP contribution in [0.15, 0.2) is 72.9 Å². The molecule has 0 bridgehead atoms. The molecular formula is C47H54N8O7. The van der Waals surface area contributed by atoms with Crippen molar-refractivity contribution in [3.05, 3.63) is 84.6 Å². The number of carbonyl (C=O) groups is 3. The predicted molar refractivity (Wildman–Crippen MR) is 231 cm³/mol. The molecule has 2 aromatic heterocycles. The molecule has 5 atom stereocenters. The van der Waals surface area contributed by atoms with Crippen molar-refractivity contribution < 1.29 is 38.9 Å². The van der Waals surface area contributed by atoms with Crippen molar-refractivity contribution in [1.82, 2.24) is 35.2 Å². The Bertz CT molecular complexity index is 2650. The molecule has 4 aromatic carbocycles. The fourth-order valence-corrected chi connectivity index (χ4v) is 9.99. The molecule has 0 saturated carbocycles. The second-order valence-electron chi connectivity index (χ2n) is 17.5. The van der Waals surface area contributed by atoms with Crippen molar-refractivity contribution in [1.29, 1.82) is 0 Å². The second kappa shape index (κ2) is 16.8. The number of ether oxygens (including phenoxy) is 2. The highest BCUT2D eigenvalue weighted by molar-refractivity contribution is 6.05. The zero-order chi connectivity index (χ0) is 43.3. The number of imidazole rings is 2. The van der Waals surface area contributed by atoms with Gasteiger partial charge >= 0.3 is 12.2 Å². The highest BCUT2D eigenvalue weighted by Crippen LogP contribution is 2.40. The first-order valence-corrected chi connectivity index (χ1v) is 21.8. The number of fused-ring (bicyclic) bond motifs is 4. The molecule has 3 amide bonds. The number of alkyl carbamates (subject to hydrolysis) is 1. The Hall–Kier alpha value is -5.87. The maximum Gasteiger partial charge on any atom is 0.407 e. The van der Waals surface area contributed by atoms with Crippen molar-refractivity contribution in [2.45, 2.75) is 83.5 Å². The number of carbonyl (C=O) groups excluding carboxylic acids is 3. The molecule has 5 heterocycles. The van der Waals surface area contributed by atoms with Crippen LogP contribution in [0.1, 0.15) is 83.0 Å². The molecule has 5 unspecified atom stereocenters. The summed E-state index contributed by atoms with van der Waals surface area (Å²) < 4.78 is 9.02. The van der Waals surface area contributed by atoms with Gasteiger partial charge in [-0.3, -0.25) is 4.79 Å². The lowest BCUT2D eigenvalue weighted by atomic mass is 9.92. The molecule has 324 valence electrons. The highest BCUT2D eigenvalue weighted by Gasteiger charge is 2.52. The number of carboxylic acid groups (broad SMARTS) is 1. The zero-order valence-corrected chi connectivity index (χ0v) is 35.6. The fraction of sp³-hybridized carbons (Fsp3) is 0.426. The third-order valence-corrected chi connectivity index (χ3v) is 13.5. The van der Waals surface area contributed by atoms with Crippen molar-refractivity contribution in [3.8, 4) is 22.4 Å². The van der Waals surface area contributed by atoms with E-state index in [0.29, 0.717) is 51.4 Å². The van der Waals surface area contributed by atoms with Gasteiger partial charge in [-0.05, 0) is 103 Å². The second-order valence-corrected chi connectivity index (χ2v) is 17.5. The summed E-state index contributed by atoms with van der Waals surface area (Å²) in [6.45, 7) is 7.70. The van der Waals surface area contributed by atoms with E-state index >= 15 is 0 Å². The van der Waals surface area contributed by atoms with E-state index in [1.807, 2.05) is 24.8 Å². The molecule has 0 spiro atoms. The van der Waals surface area contributed by atoms with Gasteiger partial charge in [0.15, 0.2) is 0 Å². The number of rotatable bonds is 10. The van der Waals surface area contributed by atoms with E-state index in [-0.39, 0.29) is 23.8 Å². The summed E-state index contributed by atoms with van der Waals surface area (Å²) in [7, 11) is 1.29. The largest absolute Gasteiger partial charge is 0.494 e. The van der Waals surface area contributed by atoms with Gasteiger partial charge in [-0.15, -0.1) is 5.01 Å². The molecule has 6 aromatic rings. The van der Waals surface area contributed by atoms with Crippen LogP contribution >= 0.6 is 0 Å². The van der Waals surface area contributed by atoms with Crippen LogP contribution in [0.5, 0.6) is 0 Å². The van der Waals surface area contributed by atoms with Crippen molar-refractivity contribution in [2.24, 2.45) is 11.8 Å². The lowest BCUT2D eigenvalue weighted by Crippen LogP contribution is -2.70. The summed E-state index contributed by atoms with van der Waals surface area (Å²) in [5, 5.41) is 33.0. The first-order chi connectivity index (χ1) is 29.9. The lowest BCUT2D eigenvalue weighted by Gasteiger charge is -2.45. The summed E-state index contributed by atoms with van der Waals surface area (Å²) >= 11 is 0. The molecule has 3 saturated heterocycles. The van der Waals surface area contributed by atoms with E-state index < -0.39 is 35.1 Å². The summed E-state index contributed by atoms with van der Waals surface area (Å²) in [6.07, 6.45) is 3.99. The number of quaternary nitrogens is 1. The first-order valence-electron chi connectivity index (χ1n) is 21.8. The number of nitrogens with zero attached hydrogens (tertiary/aromatic N) is 5. The minimum atomic E-state index is -1.53. The Morgan fingerprint density at radius 3 is 2.24 bits per heavy atom. The Kier molecular flexibility index (Phi) is 11.2. The van der Waals surface area contributed by atoms with Gasteiger partial charge in [0.1, 0.15) is 29.8 Å². The number of hydroxylamine groups is 2. The van der Waals surface area contributed by atoms with Crippen LogP contribution in [0, 0.1) is 11.8 Å². The van der Waals surface area contributed by atoms with Crippen LogP contribution in [0.3, 0.4) is 0 Å². The van der Waals surface area contributed by atoms with Gasteiger partial charge in [0, 0.05) is 36.6 Å². The van der Waals surface area contributed by atoms with Crippen LogP contribution in [-0.2, 0) is 14.3 Å². The number of H-pyrrole nitrogens is 2. The third kappa shape index (κ3) is 7.46. The van der Waals surface area contributed by atoms with Crippen LogP contribution in [-0.4, -0.2) is 103 Å². The Morgan fingerprint density at radius 2 is 1.52 bits per heavy atom. The molecule has 62 heavy (non-hydrogen) atoms. The van der Waals surface area contributed by atoms with Gasteiger partial charge in [-0.2, -0.15) is 5.21 Å². The third-order valence-electron chi connectivity index (χ3n) is 13.5. The summed E-state index contributed by atoms with van der Waals surface area (Å²) in [4.78, 5) is 57.0. The number of likely N-dealkylation sites (tertiary alicyclic amines) is 1. The lowest BCUT2D eigenvalue weighted by molar-refractivity contribution is -1.16. The van der Waals surface area contributed by atoms with Gasteiger partial charge < -0.3 is 39.6 Å². The number of methoxy groups -OCH3 is 1. The van der Waals surface area contributed by atoms with E-state index in [1.54, 1.807) is 18.1 Å². The van der Waals surface area contributed by atoms with E-state index in [1.165, 1.54) is 7.11 Å². The highest BCUT2D eigenvalue weighted by atomic mass is 16.7. The maximum atomic E-state index is 13.7. The number of aromatic amines is 2. The Balaban J connectivity index is 0.932. The molecule has 15 heteroatoms. The molecule has 0 aliphatic carbocycles. The topological polar surface area (TPSA) is 189 Å². The average Bonchev–Trinajstić information content (AvgIpc) is 4.13. The van der Waals surface area contributed by atoms with Crippen LogP contribution in [0.4, 0.5) is 9.59 Å². The van der Waals surface area contributed by atoms with Crippen molar-refractivity contribution in [2.75, 3.05) is 33.4 Å². The van der Waals surface area contributed by atoms with E-state index in [2.05, 4.69) is 75.9 Å². The SMILES string of the molecule is COC(=O)NC(C(=O)N1CCCC1c1nc2c(ccc3cc(-c4ccc5cc(-c6cnc(C7CCCN7[N+](O)(C(=O)[O-])C(C)C7CCOCC7)[nH]6)ccc5c4)ccc32)[nH]1)C(C)C. The van der Waals surface area contributed by atoms with Gasteiger partial charge in [-0.1, -0.05) is 61.1 Å². The van der Waals surface area contributed by atoms with Crippen molar-refractivity contribution >= 4 is 50.7 Å². The van der Waals surface area contributed by atoms with E-state index in [0.717, 1.165) is 80.0 Å². The van der Waals surface area contributed by atoms with Crippen molar-refractivity contribution in [3.63, 3.8) is 0 Å². The number of hydrogen-bond acceptors (Lipinski definition) is 10. The first kappa shape index (κ1) is 41.5. The van der Waals surface area contributed by atoms with Gasteiger partial charge in [-0.25, -0.2) is 14.8 Å². The quantitative estimate of drug-likeness (QED) is 0.0615. The minimum absolute atomic E-state index is 0.0144. The molecule has 3 aliphatic rings. The minimum Gasteiger partial charge on any atom is -0.494 e. The van der Waals surface area contributed by atoms with Crippen LogP contribution < -0.4 is 10.4 Å². The molecule has 4 N–H and O–H groups in total. The average molecular weight is 843 g/mol. The number of benzene rings is 4. The van der Waals surface area contributed by atoms with Gasteiger partial charge in [0.05, 0.1) is 42.6 Å². The maximum absolute atomic E-state index is 13.7. The Morgan fingerprint density at radius 1 is 0.855 bits per heavy atom. The molecule has 9 rings (SSSR count). The van der Waals surface area contributed by atoms with Crippen LogP contribution in [0.2, 0.25) is 0 Å². The summed E-state index contributed by atoms with van der Waals surface area (Å²) in [5.74, 6) is 1.08. The zero-order valence-electron chi connectivity index (χ0n) is 35.6. The standard InChI is InChI=1S/C47H54N8O7/c1-27(2)41(52-46(57)61-4)45(56)53-19-5-7-39(53)44-49-37-16-14-34-24-33(13-15-36(34)42(37)51-44)30-9-10-32-25-35(12-11-31(32)23-30)38-26-48-43(50-38)40-8-6-20-54(40)55(60,47(58)59)28(3)29-17-21-62-22-18-29/h9-16,23-29,39-41,60H,5-8,17-22H2,1-4H3,(H3-,48,49,50,51,52,57,58,59). The predicted octanol–water partition coefficient (Wildman–Crippen LogP) is 7.39. The summed E-state index contributed by atoms with van der Waals surface area (Å²) in [5.41, 5.74) is 5.66. The number of nitrogens with one attached hydrogen (secondary N) is 3. The molecule has 3 fully saturated rings. The smallest absolute Gasteiger partial charge is 0.407 e. The monoisotopic (exact) mass is 842 g/mol. The van der Waals surface area contributed by atoms with Crippen LogP contribution in [0.25, 0.3) is 55.0 Å². The van der Waals surface area contributed by atoms with E-state index in [9.17, 15) is 24.7 Å². The normalized spacial score (nSPS) is 20.8. The Labute approximate surface area is 359 Å². The molecular weight excluding hydrogens is 789 g/mol. The number of amides is 3. The van der Waals surface area contributed by atoms with Gasteiger partial charge in [0.25, 0.3) is 0 Å². The number of hydrogen-bond donors (Lipinski definition) is 4.